The van der Waals surface area contributed by atoms with Crippen LogP contribution in [0.5, 0.6) is 11.5 Å². The standard InChI is InChI=1S/C61H57N4O.Pt/c1-40-30-58(62-38-53(40)41-18-12-11-13-19-41)65-54-25-15-14-24-51(54)52-28-27-50(37-56(52)65)66-49-23-17-22-47(36-49)63-39-64(48-34-45(60(5,6)7)33-46(35-48)61(8,9)10)57-32-43(26-29-55(57)63)42-20-16-21-44(31-42)59(2,3)4;/h11-35,38-39H,1-10H3;/q-3;/i1D3,11D,12D,13D,18D,19D;. The molecule has 10 rings (SSSR count). The molecule has 2 aromatic heterocycles. The zero-order valence-electron chi connectivity index (χ0n) is 47.2. The van der Waals surface area contributed by atoms with Gasteiger partial charge in [0, 0.05) is 71.0 Å². The van der Waals surface area contributed by atoms with Gasteiger partial charge in [0.05, 0.1) is 6.85 Å². The summed E-state index contributed by atoms with van der Waals surface area (Å²) in [4.78, 5) is 9.14. The molecule has 0 fully saturated rings. The first-order chi connectivity index (χ1) is 34.8. The number of ether oxygens (including phenoxy) is 1. The molecule has 5 nitrogen and oxygen atoms in total. The molecule has 7 aromatic carbocycles. The Labute approximate surface area is 422 Å². The summed E-state index contributed by atoms with van der Waals surface area (Å²) in [5.74, 6) is 1.06. The van der Waals surface area contributed by atoms with Gasteiger partial charge in [-0.25, -0.2) is 4.98 Å². The Kier molecular flexibility index (Phi) is 9.49. The van der Waals surface area contributed by atoms with E-state index in [9.17, 15) is 0 Å². The van der Waals surface area contributed by atoms with E-state index in [1.54, 1.807) is 4.57 Å². The molecule has 0 amide bonds. The maximum atomic E-state index is 8.63. The first-order valence-electron chi connectivity index (χ1n) is 26.4. The van der Waals surface area contributed by atoms with Gasteiger partial charge >= 0.3 is 0 Å². The van der Waals surface area contributed by atoms with E-state index in [0.717, 1.165) is 50.2 Å². The molecule has 6 heteroatoms. The third-order valence-corrected chi connectivity index (χ3v) is 12.4. The second-order valence-corrected chi connectivity index (χ2v) is 20.2. The normalized spacial score (nSPS) is 14.9. The minimum atomic E-state index is -2.75. The number of aryl methyl sites for hydroxylation is 1. The zero-order chi connectivity index (χ0) is 53.0. The summed E-state index contributed by atoms with van der Waals surface area (Å²) in [6.45, 7) is 19.6. The van der Waals surface area contributed by atoms with Crippen molar-refractivity contribution in [2.75, 3.05) is 9.80 Å². The number of anilines is 4. The Morgan fingerprint density at radius 2 is 1.30 bits per heavy atom. The van der Waals surface area contributed by atoms with E-state index in [2.05, 4.69) is 152 Å². The second kappa shape index (κ2) is 17.3. The Bertz CT molecular complexity index is 3650. The van der Waals surface area contributed by atoms with Crippen LogP contribution in [0.2, 0.25) is 0 Å². The van der Waals surface area contributed by atoms with Crippen LogP contribution in [0.1, 0.15) is 95.5 Å². The van der Waals surface area contributed by atoms with Crippen molar-refractivity contribution in [2.45, 2.75) is 85.4 Å². The molecule has 9 aromatic rings. The van der Waals surface area contributed by atoms with Crippen LogP contribution in [0.15, 0.2) is 158 Å². The van der Waals surface area contributed by atoms with Crippen LogP contribution in [0.4, 0.5) is 22.7 Å². The topological polar surface area (TPSA) is 33.5 Å². The SMILES string of the molecule is [2H]c1c([2H])c([2H])c(-c2cnc(-n3c4[c-]c(Oc5[c-]c(N6[CH-]N(c7cc(C(C)(C)C)cc(C(C)(C)C)c7)c7cc(-c8cccc(C(C)(C)C)c8)ccc76)ccc5)ccc4c4ccccc43)cc2C([2H])([2H])[2H])c([2H])c1[2H].[Pt]. The molecule has 0 N–H and O–H groups in total. The van der Waals surface area contributed by atoms with Crippen LogP contribution in [0, 0.1) is 25.7 Å². The van der Waals surface area contributed by atoms with Crippen molar-refractivity contribution in [2.24, 2.45) is 0 Å². The number of fused-ring (bicyclic) bond motifs is 4. The molecule has 0 radical (unpaired) electrons. The molecule has 0 saturated heterocycles. The molecule has 3 heterocycles. The van der Waals surface area contributed by atoms with Gasteiger partial charge in [0.15, 0.2) is 0 Å². The number of nitrogens with zero attached hydrogens (tertiary/aromatic N) is 4. The molecule has 0 spiro atoms. The molecule has 0 unspecified atom stereocenters. The number of para-hydroxylation sites is 1. The molecular formula is C61H57N4OPt-3. The van der Waals surface area contributed by atoms with Gasteiger partial charge in [0.25, 0.3) is 0 Å². The van der Waals surface area contributed by atoms with Crippen molar-refractivity contribution in [3.8, 4) is 39.6 Å². The van der Waals surface area contributed by atoms with Crippen LogP contribution < -0.4 is 14.5 Å². The van der Waals surface area contributed by atoms with E-state index in [4.69, 9.17) is 20.7 Å². The largest absolute Gasteiger partial charge is 0.509 e. The van der Waals surface area contributed by atoms with Crippen molar-refractivity contribution < 1.29 is 36.8 Å². The van der Waals surface area contributed by atoms with Crippen molar-refractivity contribution in [1.29, 1.82) is 0 Å². The van der Waals surface area contributed by atoms with E-state index < -0.39 is 37.1 Å². The molecule has 1 aliphatic heterocycles. The van der Waals surface area contributed by atoms with E-state index in [0.29, 0.717) is 17.0 Å². The maximum Gasteiger partial charge on any atom is 0.135 e. The van der Waals surface area contributed by atoms with Crippen molar-refractivity contribution in [3.63, 3.8) is 0 Å². The molecule has 0 atom stereocenters. The molecule has 0 bridgehead atoms. The third kappa shape index (κ3) is 8.83. The third-order valence-electron chi connectivity index (χ3n) is 12.4. The van der Waals surface area contributed by atoms with Gasteiger partial charge in [-0.1, -0.05) is 153 Å². The Morgan fingerprint density at radius 3 is 2.03 bits per heavy atom. The number of hydrogen-bond acceptors (Lipinski definition) is 4. The fourth-order valence-electron chi connectivity index (χ4n) is 8.60. The summed E-state index contributed by atoms with van der Waals surface area (Å²) < 4.78 is 76.1. The smallest absolute Gasteiger partial charge is 0.135 e. The minimum absolute atomic E-state index is 0. The van der Waals surface area contributed by atoms with Crippen molar-refractivity contribution >= 4 is 44.6 Å². The van der Waals surface area contributed by atoms with Gasteiger partial charge in [-0.05, 0) is 104 Å². The van der Waals surface area contributed by atoms with E-state index in [1.807, 2.05) is 54.6 Å². The first-order valence-corrected chi connectivity index (χ1v) is 22.4. The predicted octanol–water partition coefficient (Wildman–Crippen LogP) is 16.5. The first kappa shape index (κ1) is 36.7. The Balaban J connectivity index is 0.00000689. The summed E-state index contributed by atoms with van der Waals surface area (Å²) in [7, 11) is 0. The number of benzene rings is 7. The second-order valence-electron chi connectivity index (χ2n) is 20.2. The molecule has 0 aliphatic carbocycles. The summed E-state index contributed by atoms with van der Waals surface area (Å²) in [6, 6.07) is 45.3. The van der Waals surface area contributed by atoms with E-state index in [1.165, 1.54) is 29.0 Å². The quantitative estimate of drug-likeness (QED) is 0.149. The summed E-state index contributed by atoms with van der Waals surface area (Å²) in [6.07, 6.45) is 1.27. The Morgan fingerprint density at radius 1 is 0.597 bits per heavy atom. The van der Waals surface area contributed by atoms with Gasteiger partial charge < -0.3 is 19.1 Å². The fraction of sp³-hybridized carbons (Fsp3) is 0.213. The minimum Gasteiger partial charge on any atom is -0.509 e. The number of pyridine rings is 1. The van der Waals surface area contributed by atoms with Crippen LogP contribution in [0.25, 0.3) is 49.9 Å². The number of aromatic nitrogens is 2. The molecule has 0 saturated carbocycles. The monoisotopic (exact) mass is 1060 g/mol. The average molecular weight is 1070 g/mol. The van der Waals surface area contributed by atoms with Crippen molar-refractivity contribution in [1.82, 2.24) is 9.55 Å². The molecule has 340 valence electrons. The average Bonchev–Trinajstić information content (AvgIpc) is 3.90. The van der Waals surface area contributed by atoms with Crippen LogP contribution in [-0.4, -0.2) is 9.55 Å². The number of hydrogen-bond donors (Lipinski definition) is 0. The summed E-state index contributed by atoms with van der Waals surface area (Å²) >= 11 is 0. The van der Waals surface area contributed by atoms with Gasteiger partial charge in [-0.2, -0.15) is 12.1 Å². The van der Waals surface area contributed by atoms with E-state index >= 15 is 0 Å². The van der Waals surface area contributed by atoms with Crippen LogP contribution >= 0.6 is 0 Å². The van der Waals surface area contributed by atoms with Gasteiger partial charge in [0.1, 0.15) is 5.82 Å². The molecule has 67 heavy (non-hydrogen) atoms. The van der Waals surface area contributed by atoms with Crippen LogP contribution in [-0.2, 0) is 37.3 Å². The van der Waals surface area contributed by atoms with Crippen molar-refractivity contribution in [3.05, 3.63) is 199 Å². The predicted molar refractivity (Wildman–Crippen MR) is 276 cm³/mol. The Hall–Kier alpha value is -6.42. The van der Waals surface area contributed by atoms with E-state index in [-0.39, 0.29) is 59.8 Å². The molecule has 1 aliphatic rings. The maximum absolute atomic E-state index is 8.63. The zero-order valence-corrected chi connectivity index (χ0v) is 41.5. The fourth-order valence-corrected chi connectivity index (χ4v) is 8.60. The van der Waals surface area contributed by atoms with Gasteiger partial charge in [0.2, 0.25) is 0 Å². The van der Waals surface area contributed by atoms with Gasteiger partial charge in [-0.15, -0.1) is 48.1 Å². The summed E-state index contributed by atoms with van der Waals surface area (Å²) in [5, 5.41) is 1.68. The number of rotatable bonds is 7. The summed E-state index contributed by atoms with van der Waals surface area (Å²) in [5.41, 5.74) is 10.4. The van der Waals surface area contributed by atoms with Gasteiger partial charge in [-0.3, -0.25) is 0 Å². The van der Waals surface area contributed by atoms with Crippen LogP contribution in [0.3, 0.4) is 0 Å². The molecular weight excluding hydrogens is 1000 g/mol.